The molecule has 2 nitrogen and oxygen atoms in total. The molecular weight excluding hydrogens is 294 g/mol. The van der Waals surface area contributed by atoms with Crippen molar-refractivity contribution in [1.82, 2.24) is 0 Å². The van der Waals surface area contributed by atoms with Crippen molar-refractivity contribution in [2.75, 3.05) is 0 Å². The molecule has 2 heteroatoms. The minimum absolute atomic E-state index is 0.126. The van der Waals surface area contributed by atoms with E-state index in [2.05, 4.69) is 53.7 Å². The molecule has 0 saturated heterocycles. The zero-order chi connectivity index (χ0) is 18.1. The van der Waals surface area contributed by atoms with Gasteiger partial charge in [0, 0.05) is 17.3 Å². The van der Waals surface area contributed by atoms with Gasteiger partial charge >= 0.3 is 0 Å². The van der Waals surface area contributed by atoms with Gasteiger partial charge in [-0.1, -0.05) is 54.0 Å². The Kier molecular flexibility index (Phi) is 5.27. The Hall–Kier alpha value is -1.57. The molecule has 24 heavy (non-hydrogen) atoms. The molecule has 132 valence electrons. The summed E-state index contributed by atoms with van der Waals surface area (Å²) < 4.78 is 0. The molecule has 0 saturated carbocycles. The lowest BCUT2D eigenvalue weighted by Crippen LogP contribution is -2.35. The van der Waals surface area contributed by atoms with E-state index in [0.29, 0.717) is 0 Å². The molecule has 2 aliphatic carbocycles. The molecule has 0 radical (unpaired) electrons. The molecule has 0 aliphatic heterocycles. The van der Waals surface area contributed by atoms with Crippen LogP contribution in [-0.4, -0.2) is 5.78 Å². The van der Waals surface area contributed by atoms with Gasteiger partial charge in [-0.05, 0) is 59.3 Å². The Balaban J connectivity index is 0.000000647. The highest BCUT2D eigenvalue weighted by molar-refractivity contribution is 6.10. The van der Waals surface area contributed by atoms with Crippen molar-refractivity contribution in [1.29, 1.82) is 0 Å². The number of ketones is 1. The van der Waals surface area contributed by atoms with E-state index in [4.69, 9.17) is 5.73 Å². The molecular formula is C22H33NO. The second-order valence-corrected chi connectivity index (χ2v) is 8.55. The fourth-order valence-electron chi connectivity index (χ4n) is 3.79. The fourth-order valence-corrected chi connectivity index (χ4v) is 3.79. The fraction of sp³-hybridized carbons (Fsp3) is 0.591. The number of benzene rings is 1. The molecule has 0 aromatic heterocycles. The summed E-state index contributed by atoms with van der Waals surface area (Å²) in [6, 6.07) is 4.47. The molecule has 3 rings (SSSR count). The van der Waals surface area contributed by atoms with E-state index >= 15 is 0 Å². The van der Waals surface area contributed by atoms with Crippen LogP contribution in [-0.2, 0) is 17.3 Å². The van der Waals surface area contributed by atoms with E-state index in [1.165, 1.54) is 42.2 Å². The Morgan fingerprint density at radius 3 is 2.00 bits per heavy atom. The third kappa shape index (κ3) is 3.29. The average molecular weight is 328 g/mol. The first-order valence-electron chi connectivity index (χ1n) is 9.31. The van der Waals surface area contributed by atoms with Crippen molar-refractivity contribution in [2.24, 2.45) is 5.73 Å². The van der Waals surface area contributed by atoms with Gasteiger partial charge in [0.2, 0.25) is 0 Å². The third-order valence-corrected chi connectivity index (χ3v) is 5.48. The van der Waals surface area contributed by atoms with Gasteiger partial charge in [-0.2, -0.15) is 0 Å². The smallest absolute Gasteiger partial charge is 0.190 e. The number of aryl methyl sites for hydroxylation is 1. The average Bonchev–Trinajstić information content (AvgIpc) is 2.52. The van der Waals surface area contributed by atoms with Crippen LogP contribution in [0, 0.1) is 0 Å². The monoisotopic (exact) mass is 327 g/mol. The van der Waals surface area contributed by atoms with Gasteiger partial charge < -0.3 is 5.73 Å². The summed E-state index contributed by atoms with van der Waals surface area (Å²) in [5, 5.41) is 0. The van der Waals surface area contributed by atoms with Gasteiger partial charge in [0.05, 0.1) is 0 Å². The SMILES string of the molecule is CC1(C)CCC(C)(C)c2cc3c(cc21)CC/C(=C\N)C3=O.CCC. The molecule has 1 aromatic rings. The van der Waals surface area contributed by atoms with E-state index in [1.807, 2.05) is 0 Å². The first kappa shape index (κ1) is 18.8. The van der Waals surface area contributed by atoms with Gasteiger partial charge in [-0.3, -0.25) is 4.79 Å². The van der Waals surface area contributed by atoms with Crippen molar-refractivity contribution in [3.05, 3.63) is 46.2 Å². The molecule has 0 heterocycles. The van der Waals surface area contributed by atoms with E-state index < -0.39 is 0 Å². The predicted molar refractivity (Wildman–Crippen MR) is 103 cm³/mol. The van der Waals surface area contributed by atoms with E-state index in [0.717, 1.165) is 24.0 Å². The first-order valence-corrected chi connectivity index (χ1v) is 9.31. The van der Waals surface area contributed by atoms with E-state index in [9.17, 15) is 4.79 Å². The molecule has 1 aromatic carbocycles. The van der Waals surface area contributed by atoms with E-state index in [1.54, 1.807) is 0 Å². The van der Waals surface area contributed by atoms with Crippen LogP contribution in [0.1, 0.15) is 94.3 Å². The number of Topliss-reactive ketones (excluding diaryl/α,β-unsaturated/α-hetero) is 1. The number of nitrogens with two attached hydrogens (primary N) is 1. The van der Waals surface area contributed by atoms with Crippen LogP contribution in [0.25, 0.3) is 0 Å². The second kappa shape index (κ2) is 6.74. The summed E-state index contributed by atoms with van der Waals surface area (Å²) in [6.07, 6.45) is 6.80. The molecule has 0 spiro atoms. The number of allylic oxidation sites excluding steroid dienone is 1. The number of carbonyl (C=O) groups is 1. The topological polar surface area (TPSA) is 43.1 Å². The van der Waals surface area contributed by atoms with Crippen molar-refractivity contribution in [3.63, 3.8) is 0 Å². The summed E-state index contributed by atoms with van der Waals surface area (Å²) in [5.41, 5.74) is 11.6. The lowest BCUT2D eigenvalue weighted by molar-refractivity contribution is 0.102. The molecule has 0 unspecified atom stereocenters. The lowest BCUT2D eigenvalue weighted by atomic mass is 9.62. The maximum Gasteiger partial charge on any atom is 0.190 e. The van der Waals surface area contributed by atoms with Crippen LogP contribution in [0.3, 0.4) is 0 Å². The van der Waals surface area contributed by atoms with Crippen LogP contribution < -0.4 is 5.73 Å². The van der Waals surface area contributed by atoms with Crippen molar-refractivity contribution < 1.29 is 4.79 Å². The van der Waals surface area contributed by atoms with Crippen LogP contribution in [0.2, 0.25) is 0 Å². The minimum Gasteiger partial charge on any atom is -0.404 e. The van der Waals surface area contributed by atoms with Gasteiger partial charge in [0.25, 0.3) is 0 Å². The Labute approximate surface area is 147 Å². The summed E-state index contributed by atoms with van der Waals surface area (Å²) in [7, 11) is 0. The zero-order valence-electron chi connectivity index (χ0n) is 16.3. The summed E-state index contributed by atoms with van der Waals surface area (Å²) in [5.74, 6) is 0.126. The maximum atomic E-state index is 12.6. The van der Waals surface area contributed by atoms with Gasteiger partial charge in [0.15, 0.2) is 5.78 Å². The van der Waals surface area contributed by atoms with Crippen molar-refractivity contribution >= 4 is 5.78 Å². The second-order valence-electron chi connectivity index (χ2n) is 8.55. The van der Waals surface area contributed by atoms with Crippen LogP contribution in [0.5, 0.6) is 0 Å². The minimum atomic E-state index is 0.126. The Morgan fingerprint density at radius 1 is 1.00 bits per heavy atom. The number of hydrogen-bond donors (Lipinski definition) is 1. The van der Waals surface area contributed by atoms with E-state index in [-0.39, 0.29) is 16.6 Å². The summed E-state index contributed by atoms with van der Waals surface area (Å²) in [4.78, 5) is 12.6. The Bertz CT molecular complexity index is 665. The van der Waals surface area contributed by atoms with Gasteiger partial charge in [-0.25, -0.2) is 0 Å². The highest BCUT2D eigenvalue weighted by Gasteiger charge is 2.38. The number of hydrogen-bond acceptors (Lipinski definition) is 2. The molecule has 2 aliphatic rings. The molecule has 0 atom stereocenters. The zero-order valence-corrected chi connectivity index (χ0v) is 16.3. The molecule has 0 bridgehead atoms. The van der Waals surface area contributed by atoms with Crippen molar-refractivity contribution in [3.8, 4) is 0 Å². The molecule has 2 N–H and O–H groups in total. The van der Waals surface area contributed by atoms with Gasteiger partial charge in [0.1, 0.15) is 0 Å². The van der Waals surface area contributed by atoms with Crippen LogP contribution in [0.15, 0.2) is 23.9 Å². The highest BCUT2D eigenvalue weighted by Crippen LogP contribution is 2.47. The summed E-state index contributed by atoms with van der Waals surface area (Å²) >= 11 is 0. The summed E-state index contributed by atoms with van der Waals surface area (Å²) in [6.45, 7) is 13.5. The van der Waals surface area contributed by atoms with Crippen molar-refractivity contribution in [2.45, 2.75) is 84.5 Å². The number of carbonyl (C=O) groups excluding carboxylic acids is 1. The standard InChI is InChI=1S/C19H25NO.C3H8/c1-18(2)7-8-19(3,4)16-10-14-12(9-15(16)18)5-6-13(11-20)17(14)21;1-3-2/h9-11H,5-8,20H2,1-4H3;3H2,1-2H3/b13-11+;. The first-order chi connectivity index (χ1) is 11.2. The normalized spacial score (nSPS) is 22.2. The number of fused-ring (bicyclic) bond motifs is 2. The largest absolute Gasteiger partial charge is 0.404 e. The molecule has 0 fully saturated rings. The van der Waals surface area contributed by atoms with Gasteiger partial charge in [-0.15, -0.1) is 0 Å². The Morgan fingerprint density at radius 2 is 1.50 bits per heavy atom. The highest BCUT2D eigenvalue weighted by atomic mass is 16.1. The van der Waals surface area contributed by atoms with Crippen LogP contribution in [0.4, 0.5) is 0 Å². The molecule has 0 amide bonds. The quantitative estimate of drug-likeness (QED) is 0.646. The lowest BCUT2D eigenvalue weighted by Gasteiger charge is -2.42. The predicted octanol–water partition coefficient (Wildman–Crippen LogP) is 5.42. The number of rotatable bonds is 0. The van der Waals surface area contributed by atoms with Crippen LogP contribution >= 0.6 is 0 Å². The third-order valence-electron chi connectivity index (χ3n) is 5.48. The maximum absolute atomic E-state index is 12.6.